The lowest BCUT2D eigenvalue weighted by atomic mass is 9.96. The molecule has 1 aliphatic heterocycles. The van der Waals surface area contributed by atoms with E-state index in [0.29, 0.717) is 49.9 Å². The zero-order chi connectivity index (χ0) is 30.5. The summed E-state index contributed by atoms with van der Waals surface area (Å²) in [6.07, 6.45) is 0.431. The minimum Gasteiger partial charge on any atom is -0.496 e. The number of carbonyl (C=O) groups excluding carboxylic acids is 1. The van der Waals surface area contributed by atoms with Crippen LogP contribution in [0.5, 0.6) is 5.75 Å². The summed E-state index contributed by atoms with van der Waals surface area (Å²) >= 11 is 0. The van der Waals surface area contributed by atoms with E-state index in [0.717, 1.165) is 72.7 Å². The maximum absolute atomic E-state index is 14.0. The molecule has 2 N–H and O–H groups in total. The summed E-state index contributed by atoms with van der Waals surface area (Å²) in [7, 11) is 1.66. The number of aromatic nitrogens is 5. The number of nitrogens with zero attached hydrogens (tertiary/aromatic N) is 4. The van der Waals surface area contributed by atoms with Crippen molar-refractivity contribution in [3.63, 3.8) is 0 Å². The van der Waals surface area contributed by atoms with Gasteiger partial charge in [0.05, 0.1) is 48.5 Å². The second kappa shape index (κ2) is 10.9. The number of hydrogen-bond acceptors (Lipinski definition) is 7. The van der Waals surface area contributed by atoms with Crippen LogP contribution in [0.1, 0.15) is 44.6 Å². The Labute approximate surface area is 254 Å². The van der Waals surface area contributed by atoms with E-state index in [1.165, 1.54) is 0 Å². The molecule has 0 spiro atoms. The summed E-state index contributed by atoms with van der Waals surface area (Å²) in [5, 5.41) is 5.99. The molecule has 10 nitrogen and oxygen atoms in total. The van der Waals surface area contributed by atoms with Gasteiger partial charge in [0.25, 0.3) is 5.91 Å². The third-order valence-corrected chi connectivity index (χ3v) is 8.47. The summed E-state index contributed by atoms with van der Waals surface area (Å²) in [6, 6.07) is 14.2. The lowest BCUT2D eigenvalue weighted by molar-refractivity contribution is 0.0302. The van der Waals surface area contributed by atoms with Gasteiger partial charge < -0.3 is 28.9 Å². The molecule has 6 aromatic rings. The number of methoxy groups -OCH3 is 1. The summed E-state index contributed by atoms with van der Waals surface area (Å²) in [6.45, 7) is 9.89. The summed E-state index contributed by atoms with van der Waals surface area (Å²) in [5.41, 5.74) is 9.42. The van der Waals surface area contributed by atoms with Crippen molar-refractivity contribution in [1.29, 1.82) is 0 Å². The maximum Gasteiger partial charge on any atom is 0.256 e. The van der Waals surface area contributed by atoms with E-state index < -0.39 is 0 Å². The lowest BCUT2D eigenvalue weighted by Gasteiger charge is -2.27. The van der Waals surface area contributed by atoms with Gasteiger partial charge in [-0.3, -0.25) is 4.79 Å². The number of morpholine rings is 1. The fourth-order valence-electron chi connectivity index (χ4n) is 6.47. The third-order valence-electron chi connectivity index (χ3n) is 8.47. The van der Waals surface area contributed by atoms with Crippen molar-refractivity contribution in [3.8, 4) is 28.1 Å². The van der Waals surface area contributed by atoms with Crippen molar-refractivity contribution in [2.75, 3.05) is 33.4 Å². The number of H-pyrrole nitrogens is 2. The summed E-state index contributed by atoms with van der Waals surface area (Å²) in [5.74, 6) is 2.07. The Hall–Kier alpha value is -4.96. The van der Waals surface area contributed by atoms with Crippen LogP contribution in [0.15, 0.2) is 47.0 Å². The van der Waals surface area contributed by atoms with Gasteiger partial charge in [-0.05, 0) is 51.0 Å². The van der Waals surface area contributed by atoms with Crippen LogP contribution < -0.4 is 4.74 Å². The first-order valence-corrected chi connectivity index (χ1v) is 14.8. The molecule has 0 bridgehead atoms. The molecule has 0 aliphatic carbocycles. The quantitative estimate of drug-likeness (QED) is 0.242. The summed E-state index contributed by atoms with van der Waals surface area (Å²) < 4.78 is 16.9. The van der Waals surface area contributed by atoms with Crippen LogP contribution in [0.3, 0.4) is 0 Å². The van der Waals surface area contributed by atoms with Crippen molar-refractivity contribution in [3.05, 3.63) is 82.3 Å². The van der Waals surface area contributed by atoms with Gasteiger partial charge in [-0.1, -0.05) is 35.5 Å². The van der Waals surface area contributed by atoms with Gasteiger partial charge in [-0.15, -0.1) is 0 Å². The Morgan fingerprint density at radius 1 is 1.02 bits per heavy atom. The van der Waals surface area contributed by atoms with E-state index in [1.54, 1.807) is 7.11 Å². The largest absolute Gasteiger partial charge is 0.496 e. The van der Waals surface area contributed by atoms with E-state index >= 15 is 0 Å². The number of carbonyl (C=O) groups is 1. The molecule has 4 aromatic heterocycles. The second-order valence-corrected chi connectivity index (χ2v) is 11.3. The number of aromatic amines is 2. The number of amides is 1. The van der Waals surface area contributed by atoms with Crippen molar-refractivity contribution in [2.45, 2.75) is 34.1 Å². The number of benzene rings is 2. The van der Waals surface area contributed by atoms with E-state index in [2.05, 4.69) is 33.3 Å². The number of ether oxygens (including phenoxy) is 2. The fourth-order valence-corrected chi connectivity index (χ4v) is 6.47. The topological polar surface area (TPSA) is 122 Å². The Kier molecular flexibility index (Phi) is 6.93. The standard InChI is InChI=1S/C34H34N6O4/c1-18-30(34(41)40-11-13-43-14-12-40)25(32(35-18)22-9-7-6-8-10-22)16-27-31-23-17-28(42-5)24(29-19(2)39-44-20(29)3)15-26(23)38-33(31)37-21(4)36-27/h6-10,15,17,35H,11-14,16H2,1-5H3,(H,36,37,38). The van der Waals surface area contributed by atoms with Crippen LogP contribution in [0.25, 0.3) is 44.3 Å². The zero-order valence-corrected chi connectivity index (χ0v) is 25.5. The Morgan fingerprint density at radius 3 is 2.50 bits per heavy atom. The third kappa shape index (κ3) is 4.62. The molecule has 5 heterocycles. The zero-order valence-electron chi connectivity index (χ0n) is 25.5. The predicted molar refractivity (Wildman–Crippen MR) is 168 cm³/mol. The SMILES string of the molecule is COc1cc2c(cc1-c1c(C)noc1C)[nH]c1nc(C)nc(Cc3c(-c4ccccc4)[nH]c(C)c3C(=O)N3CCOCC3)c12. The Bertz CT molecular complexity index is 2010. The Morgan fingerprint density at radius 2 is 1.80 bits per heavy atom. The van der Waals surface area contributed by atoms with E-state index in [-0.39, 0.29) is 5.91 Å². The van der Waals surface area contributed by atoms with Crippen LogP contribution in [-0.2, 0) is 11.2 Å². The molecule has 10 heteroatoms. The van der Waals surface area contributed by atoms with Crippen LogP contribution in [0.2, 0.25) is 0 Å². The van der Waals surface area contributed by atoms with E-state index in [9.17, 15) is 4.79 Å². The van der Waals surface area contributed by atoms with Crippen molar-refractivity contribution in [1.82, 2.24) is 30.0 Å². The number of nitrogens with one attached hydrogen (secondary N) is 2. The normalized spacial score (nSPS) is 13.7. The highest BCUT2D eigenvalue weighted by Gasteiger charge is 2.29. The Balaban J connectivity index is 1.43. The number of hydrogen-bond donors (Lipinski definition) is 2. The first-order valence-electron chi connectivity index (χ1n) is 14.8. The molecule has 0 radical (unpaired) electrons. The molecule has 0 unspecified atom stereocenters. The highest BCUT2D eigenvalue weighted by atomic mass is 16.5. The number of rotatable bonds is 6. The molecule has 44 heavy (non-hydrogen) atoms. The molecule has 1 amide bonds. The van der Waals surface area contributed by atoms with Crippen LogP contribution in [-0.4, -0.2) is 69.3 Å². The molecule has 224 valence electrons. The van der Waals surface area contributed by atoms with Gasteiger partial charge in [0.1, 0.15) is 23.0 Å². The monoisotopic (exact) mass is 590 g/mol. The molecule has 7 rings (SSSR count). The van der Waals surface area contributed by atoms with Crippen LogP contribution >= 0.6 is 0 Å². The van der Waals surface area contributed by atoms with Crippen molar-refractivity contribution >= 4 is 27.8 Å². The molecule has 0 atom stereocenters. The maximum atomic E-state index is 14.0. The fraction of sp³-hybridized carbons (Fsp3) is 0.294. The van der Waals surface area contributed by atoms with Gasteiger partial charge in [-0.2, -0.15) is 0 Å². The van der Waals surface area contributed by atoms with Gasteiger partial charge in [0.2, 0.25) is 0 Å². The number of fused-ring (bicyclic) bond motifs is 3. The molecule has 2 aromatic carbocycles. The molecule has 0 saturated carbocycles. The summed E-state index contributed by atoms with van der Waals surface area (Å²) in [4.78, 5) is 32.8. The average Bonchev–Trinajstić information content (AvgIpc) is 3.67. The highest BCUT2D eigenvalue weighted by Crippen LogP contribution is 2.41. The van der Waals surface area contributed by atoms with E-state index in [1.807, 2.05) is 56.9 Å². The smallest absolute Gasteiger partial charge is 0.256 e. The first-order chi connectivity index (χ1) is 21.3. The van der Waals surface area contributed by atoms with E-state index in [4.69, 9.17) is 24.0 Å². The highest BCUT2D eigenvalue weighted by molar-refractivity contribution is 6.09. The van der Waals surface area contributed by atoms with Gasteiger partial charge in [0.15, 0.2) is 0 Å². The first kappa shape index (κ1) is 27.8. The molecule has 1 fully saturated rings. The molecule has 1 aliphatic rings. The van der Waals surface area contributed by atoms with Gasteiger partial charge >= 0.3 is 0 Å². The minimum absolute atomic E-state index is 0.00551. The predicted octanol–water partition coefficient (Wildman–Crippen LogP) is 6.07. The van der Waals surface area contributed by atoms with Gasteiger partial charge in [0, 0.05) is 47.1 Å². The molecular weight excluding hydrogens is 556 g/mol. The van der Waals surface area contributed by atoms with Crippen molar-refractivity contribution in [2.24, 2.45) is 0 Å². The molecular formula is C34H34N6O4. The number of aryl methyl sites for hydroxylation is 4. The van der Waals surface area contributed by atoms with Gasteiger partial charge in [-0.25, -0.2) is 9.97 Å². The minimum atomic E-state index is 0.00551. The van der Waals surface area contributed by atoms with Crippen LogP contribution in [0.4, 0.5) is 0 Å². The lowest BCUT2D eigenvalue weighted by Crippen LogP contribution is -2.41. The van der Waals surface area contributed by atoms with Crippen molar-refractivity contribution < 1.29 is 18.8 Å². The molecule has 1 saturated heterocycles. The second-order valence-electron chi connectivity index (χ2n) is 11.3. The average molecular weight is 591 g/mol. The van der Waals surface area contributed by atoms with Crippen LogP contribution in [0, 0.1) is 27.7 Å².